The lowest BCUT2D eigenvalue weighted by atomic mass is 10.2. The molecule has 1 fully saturated rings. The van der Waals surface area contributed by atoms with E-state index >= 15 is 0 Å². The highest BCUT2D eigenvalue weighted by atomic mass is 16.6. The number of amides is 3. The molecule has 0 aliphatic heterocycles. The maximum atomic E-state index is 12.9. The summed E-state index contributed by atoms with van der Waals surface area (Å²) in [6.07, 6.45) is -0.694. The second-order valence-electron chi connectivity index (χ2n) is 9.59. The number of ether oxygens (including phenoxy) is 2. The van der Waals surface area contributed by atoms with Crippen molar-refractivity contribution in [1.82, 2.24) is 10.6 Å². The predicted octanol–water partition coefficient (Wildman–Crippen LogP) is 3.87. The summed E-state index contributed by atoms with van der Waals surface area (Å²) < 4.78 is 10.4. The Kier molecular flexibility index (Phi) is 6.98. The first-order valence-electron chi connectivity index (χ1n) is 10.2. The Morgan fingerprint density at radius 3 is 1.97 bits per heavy atom. The molecule has 170 valence electrons. The van der Waals surface area contributed by atoms with E-state index in [4.69, 9.17) is 9.47 Å². The Morgan fingerprint density at radius 1 is 0.935 bits per heavy atom. The number of nitrogens with one attached hydrogen (secondary N) is 3. The number of hydrogen-bond donors (Lipinski definition) is 3. The van der Waals surface area contributed by atoms with Gasteiger partial charge in [-0.2, -0.15) is 0 Å². The third kappa shape index (κ3) is 8.27. The van der Waals surface area contributed by atoms with Crippen molar-refractivity contribution < 1.29 is 23.9 Å². The molecule has 0 heterocycles. The summed E-state index contributed by atoms with van der Waals surface area (Å²) in [7, 11) is 0. The first-order chi connectivity index (χ1) is 14.2. The number of carbonyl (C=O) groups excluding carboxylic acids is 3. The van der Waals surface area contributed by atoms with Gasteiger partial charge < -0.3 is 20.1 Å². The molecule has 1 saturated carbocycles. The van der Waals surface area contributed by atoms with E-state index in [9.17, 15) is 14.4 Å². The van der Waals surface area contributed by atoms with Crippen molar-refractivity contribution in [1.29, 1.82) is 0 Å². The van der Waals surface area contributed by atoms with Gasteiger partial charge in [0.05, 0.1) is 0 Å². The summed E-state index contributed by atoms with van der Waals surface area (Å²) in [5, 5.41) is 8.15. The van der Waals surface area contributed by atoms with Crippen LogP contribution in [0.25, 0.3) is 0 Å². The summed E-state index contributed by atoms with van der Waals surface area (Å²) in [6.45, 7) is 12.2. The zero-order valence-corrected chi connectivity index (χ0v) is 19.2. The van der Waals surface area contributed by atoms with Crippen LogP contribution in [0.3, 0.4) is 0 Å². The van der Waals surface area contributed by atoms with Crippen LogP contribution < -0.4 is 16.0 Å². The molecule has 3 N–H and O–H groups in total. The SMILES string of the molecule is Cc1ccc(NC(=O)C2(N/C(=N\C(=O)OC(C)(C)C)NC(=O)OC(C)(C)C)CC2)cc1. The van der Waals surface area contributed by atoms with Crippen molar-refractivity contribution in [3.63, 3.8) is 0 Å². The Hall–Kier alpha value is -3.10. The molecule has 1 aliphatic rings. The number of guanidine groups is 1. The highest BCUT2D eigenvalue weighted by molar-refractivity contribution is 6.06. The standard InChI is InChI=1S/C22H32N4O5/c1-14-8-10-15(11-9-14)23-16(27)22(12-13-22)26-17(24-18(28)30-20(2,3)4)25-19(29)31-21(5,6)7/h8-11H,12-13H2,1-7H3,(H,23,27)(H2,24,25,26,28,29). The van der Waals surface area contributed by atoms with Gasteiger partial charge in [0.2, 0.25) is 11.9 Å². The molecular weight excluding hydrogens is 400 g/mol. The van der Waals surface area contributed by atoms with Crippen LogP contribution in [-0.4, -0.2) is 40.8 Å². The van der Waals surface area contributed by atoms with Crippen molar-refractivity contribution in [2.45, 2.75) is 78.0 Å². The summed E-state index contributed by atoms with van der Waals surface area (Å²) >= 11 is 0. The van der Waals surface area contributed by atoms with Gasteiger partial charge in [-0.05, 0) is 73.4 Å². The van der Waals surface area contributed by atoms with Crippen LogP contribution in [0.2, 0.25) is 0 Å². The van der Waals surface area contributed by atoms with Crippen molar-refractivity contribution in [2.24, 2.45) is 4.99 Å². The Balaban J connectivity index is 2.16. The smallest absolute Gasteiger partial charge is 0.437 e. The van der Waals surface area contributed by atoms with Gasteiger partial charge in [-0.15, -0.1) is 4.99 Å². The molecule has 1 aromatic rings. The molecule has 1 aromatic carbocycles. The summed E-state index contributed by atoms with van der Waals surface area (Å²) in [4.78, 5) is 41.1. The first-order valence-corrected chi connectivity index (χ1v) is 10.2. The van der Waals surface area contributed by atoms with E-state index in [0.29, 0.717) is 18.5 Å². The molecule has 2 rings (SSSR count). The highest BCUT2D eigenvalue weighted by Gasteiger charge is 2.51. The normalized spacial score (nSPS) is 15.5. The summed E-state index contributed by atoms with van der Waals surface area (Å²) in [6, 6.07) is 7.39. The van der Waals surface area contributed by atoms with E-state index in [1.54, 1.807) is 53.7 Å². The van der Waals surface area contributed by atoms with Crippen molar-refractivity contribution in [3.05, 3.63) is 29.8 Å². The number of hydrogen-bond acceptors (Lipinski definition) is 5. The number of alkyl carbamates (subject to hydrolysis) is 1. The maximum absolute atomic E-state index is 12.9. The molecule has 9 nitrogen and oxygen atoms in total. The van der Waals surface area contributed by atoms with Gasteiger partial charge in [0.1, 0.15) is 16.7 Å². The largest absolute Gasteiger partial charge is 0.444 e. The molecule has 9 heteroatoms. The molecule has 0 aromatic heterocycles. The number of carbonyl (C=O) groups is 3. The number of aryl methyl sites for hydroxylation is 1. The molecule has 0 saturated heterocycles. The van der Waals surface area contributed by atoms with Crippen LogP contribution in [-0.2, 0) is 14.3 Å². The van der Waals surface area contributed by atoms with Crippen molar-refractivity contribution in [3.8, 4) is 0 Å². The van der Waals surface area contributed by atoms with Crippen molar-refractivity contribution in [2.75, 3.05) is 5.32 Å². The molecule has 0 radical (unpaired) electrons. The fourth-order valence-electron chi connectivity index (χ4n) is 2.51. The second-order valence-corrected chi connectivity index (χ2v) is 9.59. The fourth-order valence-corrected chi connectivity index (χ4v) is 2.51. The zero-order chi connectivity index (χ0) is 23.4. The van der Waals surface area contributed by atoms with Gasteiger partial charge in [-0.1, -0.05) is 17.7 Å². The fraction of sp³-hybridized carbons (Fsp3) is 0.545. The Bertz CT molecular complexity index is 859. The highest BCUT2D eigenvalue weighted by Crippen LogP contribution is 2.36. The minimum atomic E-state index is -0.999. The molecule has 31 heavy (non-hydrogen) atoms. The van der Waals surface area contributed by atoms with Crippen LogP contribution in [0.4, 0.5) is 15.3 Å². The molecule has 0 bridgehead atoms. The van der Waals surface area contributed by atoms with E-state index in [-0.39, 0.29) is 11.9 Å². The third-order valence-corrected chi connectivity index (χ3v) is 4.07. The average molecular weight is 433 g/mol. The Labute approximate surface area is 183 Å². The van der Waals surface area contributed by atoms with E-state index in [2.05, 4.69) is 20.9 Å². The lowest BCUT2D eigenvalue weighted by Gasteiger charge is -2.23. The van der Waals surface area contributed by atoms with E-state index in [0.717, 1.165) is 5.56 Å². The number of anilines is 1. The first kappa shape index (κ1) is 24.2. The van der Waals surface area contributed by atoms with Gasteiger partial charge in [0, 0.05) is 5.69 Å². The summed E-state index contributed by atoms with van der Waals surface area (Å²) in [5.74, 6) is -0.501. The van der Waals surface area contributed by atoms with Crippen LogP contribution in [0.15, 0.2) is 29.3 Å². The number of rotatable bonds is 3. The minimum absolute atomic E-state index is 0.208. The van der Waals surface area contributed by atoms with Gasteiger partial charge in [0.15, 0.2) is 0 Å². The van der Waals surface area contributed by atoms with E-state index in [1.807, 2.05) is 19.1 Å². The van der Waals surface area contributed by atoms with Crippen LogP contribution in [0, 0.1) is 6.92 Å². The third-order valence-electron chi connectivity index (χ3n) is 4.07. The second kappa shape index (κ2) is 8.95. The van der Waals surface area contributed by atoms with Gasteiger partial charge in [0.25, 0.3) is 0 Å². The maximum Gasteiger partial charge on any atom is 0.437 e. The molecule has 3 amide bonds. The summed E-state index contributed by atoms with van der Waals surface area (Å²) in [5.41, 5.74) is -0.792. The van der Waals surface area contributed by atoms with Crippen LogP contribution >= 0.6 is 0 Å². The molecule has 0 spiro atoms. The lowest BCUT2D eigenvalue weighted by molar-refractivity contribution is -0.118. The molecule has 0 atom stereocenters. The zero-order valence-electron chi connectivity index (χ0n) is 19.2. The monoisotopic (exact) mass is 432 g/mol. The average Bonchev–Trinajstić information content (AvgIpc) is 3.34. The molecule has 1 aliphatic carbocycles. The topological polar surface area (TPSA) is 118 Å². The minimum Gasteiger partial charge on any atom is -0.444 e. The predicted molar refractivity (Wildman–Crippen MR) is 118 cm³/mol. The van der Waals surface area contributed by atoms with Crippen LogP contribution in [0.1, 0.15) is 59.9 Å². The van der Waals surface area contributed by atoms with Gasteiger partial charge in [-0.25, -0.2) is 9.59 Å². The quantitative estimate of drug-likeness (QED) is 0.493. The molecular formula is C22H32N4O5. The number of nitrogens with zero attached hydrogens (tertiary/aromatic N) is 1. The molecule has 0 unspecified atom stereocenters. The lowest BCUT2D eigenvalue weighted by Crippen LogP contribution is -2.53. The number of benzene rings is 1. The van der Waals surface area contributed by atoms with Gasteiger partial charge in [-0.3, -0.25) is 10.1 Å². The van der Waals surface area contributed by atoms with Gasteiger partial charge >= 0.3 is 12.2 Å². The number of aliphatic imine (C=N–C) groups is 1. The Morgan fingerprint density at radius 2 is 1.48 bits per heavy atom. The van der Waals surface area contributed by atoms with E-state index in [1.165, 1.54) is 0 Å². The van der Waals surface area contributed by atoms with E-state index < -0.39 is 28.9 Å². The van der Waals surface area contributed by atoms with Crippen LogP contribution in [0.5, 0.6) is 0 Å². The van der Waals surface area contributed by atoms with Crippen molar-refractivity contribution >= 4 is 29.7 Å².